The van der Waals surface area contributed by atoms with E-state index in [1.165, 1.54) is 6.07 Å². The van der Waals surface area contributed by atoms with Crippen molar-refractivity contribution in [1.82, 2.24) is 34.8 Å². The summed E-state index contributed by atoms with van der Waals surface area (Å²) in [6.45, 7) is 2.68. The van der Waals surface area contributed by atoms with Gasteiger partial charge in [-0.05, 0) is 36.8 Å². The van der Waals surface area contributed by atoms with E-state index in [2.05, 4.69) is 44.2 Å². The van der Waals surface area contributed by atoms with Crippen LogP contribution in [0, 0.1) is 12.9 Å². The average molecular weight is 416 g/mol. The van der Waals surface area contributed by atoms with Crippen LogP contribution in [0.2, 0.25) is 0 Å². The highest BCUT2D eigenvalue weighted by molar-refractivity contribution is 5.57. The van der Waals surface area contributed by atoms with E-state index < -0.39 is 5.95 Å². The number of halogens is 1. The maximum atomic E-state index is 13.5. The first kappa shape index (κ1) is 17.8. The Hall–Kier alpha value is -4.08. The highest BCUT2D eigenvalue weighted by atomic mass is 19.1. The van der Waals surface area contributed by atoms with Gasteiger partial charge in [0, 0.05) is 24.9 Å². The van der Waals surface area contributed by atoms with Crippen LogP contribution in [0.25, 0.3) is 17.1 Å². The van der Waals surface area contributed by atoms with Crippen molar-refractivity contribution in [2.24, 2.45) is 0 Å². The number of aryl methyl sites for hydroxylation is 1. The Balaban J connectivity index is 1.45. The van der Waals surface area contributed by atoms with E-state index in [9.17, 15) is 4.39 Å². The number of rotatable bonds is 3. The summed E-state index contributed by atoms with van der Waals surface area (Å²) in [6, 6.07) is 10.5. The fourth-order valence-electron chi connectivity index (χ4n) is 4.05. The summed E-state index contributed by atoms with van der Waals surface area (Å²) in [4.78, 5) is 13.6. The number of H-pyrrole nitrogens is 1. The molecule has 0 saturated heterocycles. The number of fused-ring (bicyclic) bond motifs is 2. The van der Waals surface area contributed by atoms with Gasteiger partial charge in [0.1, 0.15) is 11.7 Å². The molecule has 1 aliphatic rings. The molecule has 0 fully saturated rings. The van der Waals surface area contributed by atoms with Crippen molar-refractivity contribution in [2.75, 3.05) is 11.4 Å². The van der Waals surface area contributed by atoms with Crippen LogP contribution in [-0.4, -0.2) is 41.3 Å². The molecule has 5 aromatic heterocycles. The molecule has 31 heavy (non-hydrogen) atoms. The molecule has 0 aliphatic carbocycles. The number of aromatic amines is 1. The molecule has 1 atom stereocenters. The molecule has 0 bridgehead atoms. The minimum Gasteiger partial charge on any atom is -0.402 e. The number of hydrogen-bond donors (Lipinski definition) is 1. The first-order valence-electron chi connectivity index (χ1n) is 9.87. The zero-order valence-corrected chi connectivity index (χ0v) is 16.5. The molecule has 1 N–H and O–H groups in total. The van der Waals surface area contributed by atoms with Crippen LogP contribution in [0.5, 0.6) is 0 Å². The molecule has 0 aromatic carbocycles. The fraction of sp³-hybridized carbons (Fsp3) is 0.190. The number of hydrogen-bond acceptors (Lipinski definition) is 7. The van der Waals surface area contributed by atoms with E-state index in [-0.39, 0.29) is 17.6 Å². The summed E-state index contributed by atoms with van der Waals surface area (Å²) in [6.07, 6.45) is 4.36. The van der Waals surface area contributed by atoms with Gasteiger partial charge in [0.15, 0.2) is 0 Å². The summed E-state index contributed by atoms with van der Waals surface area (Å²) in [5.74, 6) is -0.443. The molecule has 1 aliphatic heterocycles. The number of imidazole rings is 1. The maximum Gasteiger partial charge on any atom is 0.319 e. The Morgan fingerprint density at radius 2 is 2.13 bits per heavy atom. The smallest absolute Gasteiger partial charge is 0.319 e. The molecule has 0 saturated carbocycles. The van der Waals surface area contributed by atoms with Gasteiger partial charge in [-0.15, -0.1) is 5.10 Å². The van der Waals surface area contributed by atoms with Gasteiger partial charge in [0.05, 0.1) is 23.2 Å². The third-order valence-corrected chi connectivity index (χ3v) is 5.53. The number of anilines is 1. The highest BCUT2D eigenvalue weighted by Gasteiger charge is 2.36. The first-order chi connectivity index (χ1) is 15.2. The van der Waals surface area contributed by atoms with Crippen LogP contribution in [0.15, 0.2) is 53.3 Å². The van der Waals surface area contributed by atoms with Gasteiger partial charge in [0.2, 0.25) is 5.95 Å². The van der Waals surface area contributed by atoms with Crippen molar-refractivity contribution in [2.45, 2.75) is 19.4 Å². The van der Waals surface area contributed by atoms with Crippen molar-refractivity contribution in [3.63, 3.8) is 0 Å². The lowest BCUT2D eigenvalue weighted by atomic mass is 10.00. The summed E-state index contributed by atoms with van der Waals surface area (Å²) in [5, 5.41) is 13.1. The van der Waals surface area contributed by atoms with Gasteiger partial charge in [-0.2, -0.15) is 9.49 Å². The van der Waals surface area contributed by atoms with Crippen molar-refractivity contribution in [1.29, 1.82) is 0 Å². The lowest BCUT2D eigenvalue weighted by Crippen LogP contribution is -2.36. The second-order valence-corrected chi connectivity index (χ2v) is 7.44. The Labute approximate surface area is 175 Å². The zero-order valence-electron chi connectivity index (χ0n) is 16.5. The van der Waals surface area contributed by atoms with Gasteiger partial charge in [-0.1, -0.05) is 17.2 Å². The minimum absolute atomic E-state index is 0.159. The molecule has 9 nitrogen and oxygen atoms in total. The van der Waals surface area contributed by atoms with E-state index in [4.69, 9.17) is 9.52 Å². The molecule has 0 amide bonds. The maximum absolute atomic E-state index is 13.5. The van der Waals surface area contributed by atoms with Gasteiger partial charge in [-0.25, -0.2) is 14.5 Å². The standard InChI is InChI=1S/C21H17FN8O/c1-12-4-3-8-30-16(12)10-15(28-30)19-18-13(23-11-24-18)7-9-29(19)21-27-26-20(31-21)14-5-2-6-17(22)25-14/h2-6,8,10-11,19H,7,9H2,1H3,(H,23,24)/t19-/m1/s1. The van der Waals surface area contributed by atoms with E-state index in [1.54, 1.807) is 18.5 Å². The summed E-state index contributed by atoms with van der Waals surface area (Å²) >= 11 is 0. The quantitative estimate of drug-likeness (QED) is 0.451. The van der Waals surface area contributed by atoms with Crippen LogP contribution in [-0.2, 0) is 6.42 Å². The van der Waals surface area contributed by atoms with Crippen LogP contribution in [0.4, 0.5) is 10.4 Å². The number of pyridine rings is 2. The predicted octanol–water partition coefficient (Wildman–Crippen LogP) is 3.10. The van der Waals surface area contributed by atoms with E-state index >= 15 is 0 Å². The predicted molar refractivity (Wildman–Crippen MR) is 109 cm³/mol. The molecule has 154 valence electrons. The third kappa shape index (κ3) is 2.87. The monoisotopic (exact) mass is 416 g/mol. The second-order valence-electron chi connectivity index (χ2n) is 7.44. The summed E-state index contributed by atoms with van der Waals surface area (Å²) < 4.78 is 21.3. The van der Waals surface area contributed by atoms with Gasteiger partial charge < -0.3 is 14.3 Å². The Morgan fingerprint density at radius 3 is 3.00 bits per heavy atom. The van der Waals surface area contributed by atoms with Crippen molar-refractivity contribution in [3.8, 4) is 11.6 Å². The largest absolute Gasteiger partial charge is 0.402 e. The number of aromatic nitrogens is 7. The van der Waals surface area contributed by atoms with Gasteiger partial charge in [-0.3, -0.25) is 0 Å². The van der Waals surface area contributed by atoms with E-state index in [0.29, 0.717) is 12.6 Å². The number of nitrogens with zero attached hydrogens (tertiary/aromatic N) is 7. The highest BCUT2D eigenvalue weighted by Crippen LogP contribution is 2.37. The minimum atomic E-state index is -0.602. The van der Waals surface area contributed by atoms with Gasteiger partial charge >= 0.3 is 6.01 Å². The lowest BCUT2D eigenvalue weighted by Gasteiger charge is -2.32. The molecule has 6 heterocycles. The lowest BCUT2D eigenvalue weighted by molar-refractivity contribution is 0.501. The van der Waals surface area contributed by atoms with Crippen molar-refractivity contribution in [3.05, 3.63) is 77.5 Å². The molecule has 10 heteroatoms. The van der Waals surface area contributed by atoms with Gasteiger partial charge in [0.25, 0.3) is 5.89 Å². The normalized spacial score (nSPS) is 16.1. The van der Waals surface area contributed by atoms with Crippen LogP contribution in [0.3, 0.4) is 0 Å². The molecule has 0 spiro atoms. The van der Waals surface area contributed by atoms with Crippen molar-refractivity contribution < 1.29 is 8.81 Å². The topological polar surface area (TPSA) is 101 Å². The zero-order chi connectivity index (χ0) is 20.9. The Morgan fingerprint density at radius 1 is 1.19 bits per heavy atom. The first-order valence-corrected chi connectivity index (χ1v) is 9.87. The van der Waals surface area contributed by atoms with Crippen LogP contribution >= 0.6 is 0 Å². The van der Waals surface area contributed by atoms with Crippen LogP contribution < -0.4 is 4.90 Å². The Kier molecular flexibility index (Phi) is 3.85. The van der Waals surface area contributed by atoms with Crippen molar-refractivity contribution >= 4 is 11.5 Å². The Bertz CT molecular complexity index is 1400. The molecule has 6 rings (SSSR count). The number of nitrogens with one attached hydrogen (secondary N) is 1. The fourth-order valence-corrected chi connectivity index (χ4v) is 4.05. The summed E-state index contributed by atoms with van der Waals surface area (Å²) in [5.41, 5.74) is 5.19. The van der Waals surface area contributed by atoms with E-state index in [1.807, 2.05) is 21.7 Å². The molecule has 0 radical (unpaired) electrons. The molecule has 5 aromatic rings. The molecule has 0 unspecified atom stereocenters. The van der Waals surface area contributed by atoms with Crippen LogP contribution in [0.1, 0.15) is 28.7 Å². The molecular formula is C21H17FN8O. The average Bonchev–Trinajstić information content (AvgIpc) is 3.52. The molecular weight excluding hydrogens is 399 g/mol. The summed E-state index contributed by atoms with van der Waals surface area (Å²) in [7, 11) is 0. The second kappa shape index (κ2) is 6.73. The van der Waals surface area contributed by atoms with E-state index in [0.717, 1.165) is 34.6 Å². The SMILES string of the molecule is Cc1cccn2nc([C@@H]3c4nc[nH]c4CCN3c3nnc(-c4cccc(F)n4)o3)cc12. The third-order valence-electron chi connectivity index (χ3n) is 5.53.